The van der Waals surface area contributed by atoms with Crippen molar-refractivity contribution in [2.24, 2.45) is 7.05 Å². The Morgan fingerprint density at radius 1 is 1.15 bits per heavy atom. The van der Waals surface area contributed by atoms with Crippen LogP contribution in [-0.2, 0) is 7.05 Å². The average molecular weight is 326 g/mol. The maximum absolute atomic E-state index is 11.5. The molecule has 0 atom stereocenters. The van der Waals surface area contributed by atoms with Gasteiger partial charge in [-0.05, 0) is 6.42 Å². The first-order chi connectivity index (χ1) is 8.69. The van der Waals surface area contributed by atoms with Crippen LogP contribution in [0.4, 0.5) is 25.2 Å². The van der Waals surface area contributed by atoms with Crippen molar-refractivity contribution in [3.05, 3.63) is 18.7 Å². The van der Waals surface area contributed by atoms with E-state index in [1.807, 2.05) is 17.8 Å². The van der Waals surface area contributed by atoms with E-state index < -0.39 is 7.81 Å². The number of hydrogen-bond acceptors (Lipinski definition) is 1. The van der Waals surface area contributed by atoms with Crippen LogP contribution in [0.15, 0.2) is 18.7 Å². The van der Waals surface area contributed by atoms with Gasteiger partial charge in [0.2, 0.25) is 0 Å². The molecule has 1 aromatic rings. The number of aromatic nitrogens is 2. The number of carbonyl (C=O) groups is 1. The topological polar surface area (TPSA) is 25.9 Å². The molecule has 0 aliphatic heterocycles. The Labute approximate surface area is 112 Å². The van der Waals surface area contributed by atoms with Crippen LogP contribution in [-0.4, -0.2) is 10.5 Å². The number of unbranched alkanes of at least 4 members (excludes halogenated alkanes) is 2. The first-order valence-corrected chi connectivity index (χ1v) is 7.84. The molecule has 0 radical (unpaired) electrons. The predicted molar refractivity (Wildman–Crippen MR) is 63.9 cm³/mol. The van der Waals surface area contributed by atoms with Gasteiger partial charge in [0.25, 0.3) is 6.33 Å². The van der Waals surface area contributed by atoms with Crippen LogP contribution in [0.2, 0.25) is 0 Å². The van der Waals surface area contributed by atoms with Gasteiger partial charge >= 0.3 is 38.9 Å². The SMILES string of the molecule is CCCCCC(=O)n1cc[n+](C)c1.F[P-](F)(F)(F)(F)F. The Bertz CT molecular complexity index is 441. The molecule has 10 heteroatoms. The van der Waals surface area contributed by atoms with Crippen molar-refractivity contribution in [2.45, 2.75) is 32.6 Å². The monoisotopic (exact) mass is 326 g/mol. The summed E-state index contributed by atoms with van der Waals surface area (Å²) in [6.45, 7) is 2.14. The fourth-order valence-electron chi connectivity index (χ4n) is 1.25. The van der Waals surface area contributed by atoms with E-state index in [9.17, 15) is 30.0 Å². The summed E-state index contributed by atoms with van der Waals surface area (Å²) < 4.78 is 62.7. The Kier molecular flexibility index (Phi) is 5.40. The summed E-state index contributed by atoms with van der Waals surface area (Å²) >= 11 is 0. The summed E-state index contributed by atoms with van der Waals surface area (Å²) in [5, 5.41) is 0. The molecule has 1 aromatic heterocycles. The van der Waals surface area contributed by atoms with Crippen LogP contribution in [0.25, 0.3) is 0 Å². The number of nitrogens with zero attached hydrogens (tertiary/aromatic N) is 2. The minimum atomic E-state index is -10.7. The Balaban J connectivity index is 0.000000441. The average Bonchev–Trinajstić information content (AvgIpc) is 2.60. The second-order valence-electron chi connectivity index (χ2n) is 4.30. The molecular weight excluding hydrogens is 309 g/mol. The van der Waals surface area contributed by atoms with Gasteiger partial charge in [-0.15, -0.1) is 0 Å². The number of aryl methyl sites for hydroxylation is 1. The van der Waals surface area contributed by atoms with Gasteiger partial charge in [0.1, 0.15) is 12.4 Å². The zero-order chi connectivity index (χ0) is 16.1. The number of hydrogen-bond donors (Lipinski definition) is 0. The molecule has 0 spiro atoms. The Morgan fingerprint density at radius 2 is 1.65 bits per heavy atom. The van der Waals surface area contributed by atoms with Crippen LogP contribution >= 0.6 is 7.81 Å². The standard InChI is InChI=1S/C10H17N2O.F6P/c1-3-4-5-6-10(13)12-8-7-11(2)9-12;1-7(2,3,4,5)6/h7-9H,3-6H2,1-2H3;/q+1;-1. The van der Waals surface area contributed by atoms with Crippen LogP contribution < -0.4 is 4.57 Å². The molecule has 20 heavy (non-hydrogen) atoms. The van der Waals surface area contributed by atoms with Gasteiger partial charge in [-0.2, -0.15) is 4.57 Å². The third-order valence-corrected chi connectivity index (χ3v) is 2.05. The molecule has 3 nitrogen and oxygen atoms in total. The van der Waals surface area contributed by atoms with Gasteiger partial charge in [0.05, 0.1) is 13.5 Å². The van der Waals surface area contributed by atoms with Crippen molar-refractivity contribution in [2.75, 3.05) is 0 Å². The van der Waals surface area contributed by atoms with Crippen molar-refractivity contribution in [1.82, 2.24) is 4.57 Å². The van der Waals surface area contributed by atoms with E-state index >= 15 is 0 Å². The molecule has 1 rings (SSSR count). The van der Waals surface area contributed by atoms with Crippen molar-refractivity contribution in [3.8, 4) is 0 Å². The molecule has 0 bridgehead atoms. The molecule has 0 aromatic carbocycles. The Morgan fingerprint density at radius 3 is 2.00 bits per heavy atom. The maximum atomic E-state index is 11.5. The molecule has 0 aliphatic carbocycles. The van der Waals surface area contributed by atoms with Gasteiger partial charge in [-0.25, -0.2) is 9.36 Å². The molecular formula is C10H17F6N2OP. The molecule has 0 saturated carbocycles. The van der Waals surface area contributed by atoms with Crippen molar-refractivity contribution in [3.63, 3.8) is 0 Å². The quantitative estimate of drug-likeness (QED) is 0.334. The molecule has 0 unspecified atom stereocenters. The van der Waals surface area contributed by atoms with Gasteiger partial charge < -0.3 is 0 Å². The second kappa shape index (κ2) is 5.71. The van der Waals surface area contributed by atoms with E-state index in [1.54, 1.807) is 17.1 Å². The summed E-state index contributed by atoms with van der Waals surface area (Å²) in [5.41, 5.74) is 0. The van der Waals surface area contributed by atoms with Crippen molar-refractivity contribution in [1.29, 1.82) is 0 Å². The fraction of sp³-hybridized carbons (Fsp3) is 0.600. The molecule has 0 aliphatic rings. The summed E-state index contributed by atoms with van der Waals surface area (Å²) in [4.78, 5) is 11.5. The van der Waals surface area contributed by atoms with E-state index in [0.717, 1.165) is 19.3 Å². The van der Waals surface area contributed by atoms with E-state index in [-0.39, 0.29) is 5.91 Å². The van der Waals surface area contributed by atoms with Crippen LogP contribution in [0, 0.1) is 0 Å². The predicted octanol–water partition coefficient (Wildman–Crippen LogP) is 4.92. The van der Waals surface area contributed by atoms with E-state index in [2.05, 4.69) is 6.92 Å². The van der Waals surface area contributed by atoms with Crippen LogP contribution in [0.1, 0.15) is 37.4 Å². The van der Waals surface area contributed by atoms with E-state index in [0.29, 0.717) is 6.42 Å². The van der Waals surface area contributed by atoms with E-state index in [1.165, 1.54) is 0 Å². The van der Waals surface area contributed by atoms with Crippen LogP contribution in [0.5, 0.6) is 0 Å². The second-order valence-corrected chi connectivity index (χ2v) is 6.21. The molecule has 0 fully saturated rings. The van der Waals surface area contributed by atoms with Gasteiger partial charge in [-0.1, -0.05) is 19.8 Å². The normalized spacial score (nSPS) is 14.8. The van der Waals surface area contributed by atoms with Crippen molar-refractivity contribution < 1.29 is 34.5 Å². The van der Waals surface area contributed by atoms with Gasteiger partial charge in [0.15, 0.2) is 0 Å². The zero-order valence-corrected chi connectivity index (χ0v) is 12.0. The molecule has 120 valence electrons. The first-order valence-electron chi connectivity index (χ1n) is 5.82. The number of carbonyl (C=O) groups excluding carboxylic acids is 1. The summed E-state index contributed by atoms with van der Waals surface area (Å²) in [7, 11) is -8.74. The third-order valence-electron chi connectivity index (χ3n) is 2.05. The summed E-state index contributed by atoms with van der Waals surface area (Å²) in [6, 6.07) is 0. The van der Waals surface area contributed by atoms with Crippen LogP contribution in [0.3, 0.4) is 0 Å². The zero-order valence-electron chi connectivity index (χ0n) is 11.1. The third kappa shape index (κ3) is 14.9. The Hall–Kier alpha value is -1.11. The number of halogens is 6. The van der Waals surface area contributed by atoms with Gasteiger partial charge in [-0.3, -0.25) is 0 Å². The molecule has 0 saturated heterocycles. The fourth-order valence-corrected chi connectivity index (χ4v) is 1.25. The molecule has 1 heterocycles. The minimum absolute atomic E-state index is 0.189. The number of imidazole rings is 1. The summed E-state index contributed by atoms with van der Waals surface area (Å²) in [6.07, 6.45) is 9.42. The van der Waals surface area contributed by atoms with Crippen molar-refractivity contribution >= 4 is 13.7 Å². The van der Waals surface area contributed by atoms with Gasteiger partial charge in [0, 0.05) is 0 Å². The first kappa shape index (κ1) is 18.9. The number of rotatable bonds is 4. The molecule has 0 N–H and O–H groups in total. The molecule has 0 amide bonds. The van der Waals surface area contributed by atoms with E-state index in [4.69, 9.17) is 0 Å². The summed E-state index contributed by atoms with van der Waals surface area (Å²) in [5.74, 6) is 0.189.